The smallest absolute Gasteiger partial charge is 0.245 e. The number of nitrogens with one attached hydrogen (secondary N) is 2. The van der Waals surface area contributed by atoms with Crippen molar-refractivity contribution in [1.82, 2.24) is 19.9 Å². The quantitative estimate of drug-likeness (QED) is 0.352. The first-order valence-electron chi connectivity index (χ1n) is 10.6. The van der Waals surface area contributed by atoms with Crippen LogP contribution in [0.1, 0.15) is 46.0 Å². The molecule has 0 fully saturated rings. The van der Waals surface area contributed by atoms with E-state index < -0.39 is 0 Å². The molecule has 31 heavy (non-hydrogen) atoms. The molecule has 0 saturated carbocycles. The number of anilines is 2. The second-order valence-electron chi connectivity index (χ2n) is 7.48. The predicted molar refractivity (Wildman–Crippen MR) is 118 cm³/mol. The van der Waals surface area contributed by atoms with Gasteiger partial charge in [-0.25, -0.2) is 4.98 Å². The minimum absolute atomic E-state index is 0.0197. The summed E-state index contributed by atoms with van der Waals surface area (Å²) in [6.07, 6.45) is 5.69. The van der Waals surface area contributed by atoms with Gasteiger partial charge in [-0.2, -0.15) is 9.97 Å². The summed E-state index contributed by atoms with van der Waals surface area (Å²) in [6.45, 7) is 4.14. The molecule has 1 aromatic carbocycles. The van der Waals surface area contributed by atoms with Crippen LogP contribution in [0.2, 0.25) is 0 Å². The van der Waals surface area contributed by atoms with E-state index in [2.05, 4.69) is 25.3 Å². The fraction of sp³-hybridized carbons (Fsp3) is 0.455. The average Bonchev–Trinajstić information content (AvgIpc) is 3.22. The number of H-pyrrole nitrogens is 1. The minimum Gasteiger partial charge on any atom is -0.494 e. The Balaban J connectivity index is 1.48. The molecule has 0 aliphatic carbocycles. The monoisotopic (exact) mass is 427 g/mol. The Morgan fingerprint density at radius 2 is 1.90 bits per heavy atom. The Labute approximate surface area is 181 Å². The molecule has 2 heterocycles. The van der Waals surface area contributed by atoms with Gasteiger partial charge in [-0.1, -0.05) is 12.8 Å². The highest BCUT2D eigenvalue weighted by molar-refractivity contribution is 5.79. The fourth-order valence-electron chi connectivity index (χ4n) is 2.98. The molecule has 3 aromatic rings. The van der Waals surface area contributed by atoms with Crippen LogP contribution < -0.4 is 14.8 Å². The van der Waals surface area contributed by atoms with Crippen LogP contribution in [-0.4, -0.2) is 50.1 Å². The van der Waals surface area contributed by atoms with E-state index in [4.69, 9.17) is 14.6 Å². The van der Waals surface area contributed by atoms with Crippen molar-refractivity contribution in [3.05, 3.63) is 30.6 Å². The van der Waals surface area contributed by atoms with Crippen LogP contribution >= 0.6 is 0 Å². The summed E-state index contributed by atoms with van der Waals surface area (Å²) >= 11 is 0. The van der Waals surface area contributed by atoms with Gasteiger partial charge in [0.2, 0.25) is 11.8 Å². The molecular formula is C22H29N5O4. The molecule has 0 spiro atoms. The predicted octanol–water partition coefficient (Wildman–Crippen LogP) is 3.77. The van der Waals surface area contributed by atoms with Crippen LogP contribution in [0.15, 0.2) is 30.6 Å². The van der Waals surface area contributed by atoms with Gasteiger partial charge < -0.3 is 24.9 Å². The molecule has 0 radical (unpaired) electrons. The lowest BCUT2D eigenvalue weighted by Gasteiger charge is -2.11. The minimum atomic E-state index is -0.357. The van der Waals surface area contributed by atoms with Gasteiger partial charge in [-0.15, -0.1) is 0 Å². The lowest BCUT2D eigenvalue weighted by atomic mass is 10.1. The number of nitrogens with zero attached hydrogens (tertiary/aromatic N) is 3. The van der Waals surface area contributed by atoms with E-state index >= 15 is 0 Å². The van der Waals surface area contributed by atoms with Crippen LogP contribution in [0.5, 0.6) is 11.6 Å². The Morgan fingerprint density at radius 1 is 1.13 bits per heavy atom. The largest absolute Gasteiger partial charge is 0.494 e. The highest BCUT2D eigenvalue weighted by Crippen LogP contribution is 2.24. The number of benzene rings is 1. The van der Waals surface area contributed by atoms with Crippen LogP contribution in [0.25, 0.3) is 11.2 Å². The summed E-state index contributed by atoms with van der Waals surface area (Å²) in [7, 11) is 0. The second kappa shape index (κ2) is 11.3. The Bertz CT molecular complexity index is 972. The number of rotatable bonds is 13. The molecule has 0 unspecified atom stereocenters. The van der Waals surface area contributed by atoms with E-state index in [9.17, 15) is 4.79 Å². The molecule has 0 saturated heterocycles. The number of ketones is 1. The van der Waals surface area contributed by atoms with Crippen LogP contribution in [-0.2, 0) is 4.79 Å². The second-order valence-corrected chi connectivity index (χ2v) is 7.48. The maximum atomic E-state index is 11.0. The molecule has 0 atom stereocenters. The SMILES string of the molecule is CC(C)Oc1nc(Nc2ccc(OCCCCCCC(=O)CO)cc2)nc2nc[nH]c12. The van der Waals surface area contributed by atoms with Crippen molar-refractivity contribution >= 4 is 28.6 Å². The number of hydrogen-bond acceptors (Lipinski definition) is 8. The number of aromatic amines is 1. The number of fused-ring (bicyclic) bond motifs is 1. The van der Waals surface area contributed by atoms with E-state index in [0.29, 0.717) is 36.0 Å². The summed E-state index contributed by atoms with van der Waals surface area (Å²) in [5.41, 5.74) is 2.03. The Kier molecular flexibility index (Phi) is 8.17. The lowest BCUT2D eigenvalue weighted by Crippen LogP contribution is -2.09. The number of ether oxygens (including phenoxy) is 2. The van der Waals surface area contributed by atoms with Crippen molar-refractivity contribution in [3.8, 4) is 11.6 Å². The zero-order chi connectivity index (χ0) is 22.1. The zero-order valence-electron chi connectivity index (χ0n) is 17.9. The van der Waals surface area contributed by atoms with Crippen molar-refractivity contribution in [3.63, 3.8) is 0 Å². The van der Waals surface area contributed by atoms with Crippen molar-refractivity contribution in [2.75, 3.05) is 18.5 Å². The van der Waals surface area contributed by atoms with Gasteiger partial charge in [0.25, 0.3) is 0 Å². The molecule has 9 heteroatoms. The standard InChI is InChI=1S/C22H29N5O4/c1-15(2)31-21-19-20(24-14-23-19)26-22(27-21)25-16-8-10-18(11-9-16)30-12-6-4-3-5-7-17(29)13-28/h8-11,14-15,28H,3-7,12-13H2,1-2H3,(H2,23,24,25,26,27). The van der Waals surface area contributed by atoms with Gasteiger partial charge >= 0.3 is 0 Å². The van der Waals surface area contributed by atoms with Gasteiger partial charge in [0, 0.05) is 12.1 Å². The van der Waals surface area contributed by atoms with Crippen LogP contribution in [0.3, 0.4) is 0 Å². The molecule has 166 valence electrons. The highest BCUT2D eigenvalue weighted by atomic mass is 16.5. The summed E-state index contributed by atoms with van der Waals surface area (Å²) in [5.74, 6) is 1.56. The molecular weight excluding hydrogens is 398 g/mol. The number of aliphatic hydroxyl groups excluding tert-OH is 1. The lowest BCUT2D eigenvalue weighted by molar-refractivity contribution is -0.121. The third-order valence-corrected chi connectivity index (χ3v) is 4.51. The summed E-state index contributed by atoms with van der Waals surface area (Å²) in [6, 6.07) is 7.58. The number of aliphatic hydroxyl groups is 1. The molecule has 3 N–H and O–H groups in total. The molecule has 0 aliphatic rings. The van der Waals surface area contributed by atoms with Crippen LogP contribution in [0, 0.1) is 0 Å². The number of unbranched alkanes of at least 4 members (excludes halogenated alkanes) is 3. The molecule has 2 aromatic heterocycles. The maximum absolute atomic E-state index is 11.0. The van der Waals surface area contributed by atoms with E-state index in [1.54, 1.807) is 6.33 Å². The third-order valence-electron chi connectivity index (χ3n) is 4.51. The van der Waals surface area contributed by atoms with Crippen molar-refractivity contribution in [2.24, 2.45) is 0 Å². The summed E-state index contributed by atoms with van der Waals surface area (Å²) in [4.78, 5) is 27.1. The van der Waals surface area contributed by atoms with Crippen LogP contribution in [0.4, 0.5) is 11.6 Å². The Morgan fingerprint density at radius 3 is 2.65 bits per heavy atom. The average molecular weight is 428 g/mol. The van der Waals surface area contributed by atoms with Gasteiger partial charge in [0.15, 0.2) is 11.4 Å². The number of hydrogen-bond donors (Lipinski definition) is 3. The van der Waals surface area contributed by atoms with E-state index in [1.165, 1.54) is 0 Å². The number of imidazole rings is 1. The number of aromatic nitrogens is 4. The molecule has 0 bridgehead atoms. The van der Waals surface area contributed by atoms with Gasteiger partial charge in [-0.3, -0.25) is 4.79 Å². The normalized spacial score (nSPS) is 11.1. The topological polar surface area (TPSA) is 122 Å². The maximum Gasteiger partial charge on any atom is 0.245 e. The van der Waals surface area contributed by atoms with Gasteiger partial charge in [0.1, 0.15) is 17.9 Å². The Hall–Kier alpha value is -3.20. The van der Waals surface area contributed by atoms with E-state index in [-0.39, 0.29) is 18.5 Å². The van der Waals surface area contributed by atoms with Gasteiger partial charge in [0.05, 0.1) is 19.0 Å². The third kappa shape index (κ3) is 6.92. The first kappa shape index (κ1) is 22.5. The van der Waals surface area contributed by atoms with E-state index in [0.717, 1.165) is 37.1 Å². The highest BCUT2D eigenvalue weighted by Gasteiger charge is 2.12. The number of carbonyl (C=O) groups is 1. The van der Waals surface area contributed by atoms with Gasteiger partial charge in [-0.05, 0) is 51.0 Å². The first-order valence-corrected chi connectivity index (χ1v) is 10.6. The van der Waals surface area contributed by atoms with Crippen molar-refractivity contribution < 1.29 is 19.4 Å². The summed E-state index contributed by atoms with van der Waals surface area (Å²) < 4.78 is 11.5. The molecule has 9 nitrogen and oxygen atoms in total. The molecule has 3 rings (SSSR count). The first-order chi connectivity index (χ1) is 15.0. The summed E-state index contributed by atoms with van der Waals surface area (Å²) in [5, 5.41) is 11.9. The number of Topliss-reactive ketones (excluding diaryl/α,β-unsaturated/α-hetero) is 1. The van der Waals surface area contributed by atoms with Crippen molar-refractivity contribution in [2.45, 2.75) is 52.1 Å². The van der Waals surface area contributed by atoms with E-state index in [1.807, 2.05) is 38.1 Å². The number of carbonyl (C=O) groups excluding carboxylic acids is 1. The zero-order valence-corrected chi connectivity index (χ0v) is 17.9. The molecule has 0 aliphatic heterocycles. The van der Waals surface area contributed by atoms with Crippen molar-refractivity contribution in [1.29, 1.82) is 0 Å². The fourth-order valence-corrected chi connectivity index (χ4v) is 2.98. The molecule has 0 amide bonds.